The lowest BCUT2D eigenvalue weighted by molar-refractivity contribution is 0.356. The van der Waals surface area contributed by atoms with Gasteiger partial charge in [0.25, 0.3) is 0 Å². The van der Waals surface area contributed by atoms with Crippen molar-refractivity contribution in [2.75, 3.05) is 25.0 Å². The number of fused-ring (bicyclic) bond motifs is 1. The first-order valence-electron chi connectivity index (χ1n) is 6.68. The molecule has 1 N–H and O–H groups in total. The molecule has 1 fully saturated rings. The van der Waals surface area contributed by atoms with E-state index in [1.807, 2.05) is 12.4 Å². The molecule has 0 saturated carbocycles. The molecule has 18 heavy (non-hydrogen) atoms. The Labute approximate surface area is 108 Å². The van der Waals surface area contributed by atoms with Gasteiger partial charge in [-0.2, -0.15) is 0 Å². The Morgan fingerprint density at radius 1 is 1.39 bits per heavy atom. The summed E-state index contributed by atoms with van der Waals surface area (Å²) in [4.78, 5) is 6.67. The minimum absolute atomic E-state index is 0.573. The number of likely N-dealkylation sites (N-methyl/N-ethyl adjacent to an activating group) is 1. The molecule has 1 atom stereocenters. The van der Waals surface area contributed by atoms with Crippen LogP contribution in [0.1, 0.15) is 13.3 Å². The third kappa shape index (κ3) is 2.18. The molecule has 1 aromatic heterocycles. The second kappa shape index (κ2) is 4.94. The summed E-state index contributed by atoms with van der Waals surface area (Å²) in [5.41, 5.74) is 1.23. The molecule has 2 aromatic rings. The van der Waals surface area contributed by atoms with Crippen LogP contribution in [0.3, 0.4) is 0 Å². The number of nitrogens with zero attached hydrogens (tertiary/aromatic N) is 2. The number of aromatic nitrogens is 1. The quantitative estimate of drug-likeness (QED) is 0.895. The lowest BCUT2D eigenvalue weighted by Gasteiger charge is -2.17. The van der Waals surface area contributed by atoms with Crippen LogP contribution >= 0.6 is 0 Å². The van der Waals surface area contributed by atoms with E-state index in [0.717, 1.165) is 13.1 Å². The van der Waals surface area contributed by atoms with Gasteiger partial charge in [-0.3, -0.25) is 4.98 Å². The summed E-state index contributed by atoms with van der Waals surface area (Å²) in [6, 6.07) is 9.03. The summed E-state index contributed by atoms with van der Waals surface area (Å²) >= 11 is 0. The fraction of sp³-hybridized carbons (Fsp3) is 0.400. The molecule has 0 aliphatic carbocycles. The Kier molecular flexibility index (Phi) is 3.15. The van der Waals surface area contributed by atoms with E-state index in [4.69, 9.17) is 0 Å². The first-order valence-corrected chi connectivity index (χ1v) is 6.68. The first kappa shape index (κ1) is 11.5. The van der Waals surface area contributed by atoms with E-state index in [9.17, 15) is 0 Å². The topological polar surface area (TPSA) is 28.2 Å². The van der Waals surface area contributed by atoms with Crippen LogP contribution in [0.25, 0.3) is 10.8 Å². The van der Waals surface area contributed by atoms with E-state index >= 15 is 0 Å². The van der Waals surface area contributed by atoms with Crippen LogP contribution in [-0.2, 0) is 0 Å². The monoisotopic (exact) mass is 241 g/mol. The largest absolute Gasteiger partial charge is 0.380 e. The number of hydrogen-bond donors (Lipinski definition) is 1. The highest BCUT2D eigenvalue weighted by atomic mass is 15.2. The second-order valence-electron chi connectivity index (χ2n) is 4.93. The van der Waals surface area contributed by atoms with Crippen molar-refractivity contribution in [2.45, 2.75) is 19.4 Å². The summed E-state index contributed by atoms with van der Waals surface area (Å²) in [6.45, 7) is 5.74. The van der Waals surface area contributed by atoms with Gasteiger partial charge in [0.15, 0.2) is 0 Å². The number of likely N-dealkylation sites (tertiary alicyclic amines) is 1. The van der Waals surface area contributed by atoms with Crippen molar-refractivity contribution in [3.8, 4) is 0 Å². The zero-order valence-electron chi connectivity index (χ0n) is 10.8. The van der Waals surface area contributed by atoms with Crippen LogP contribution in [0, 0.1) is 0 Å². The Morgan fingerprint density at radius 2 is 2.33 bits per heavy atom. The van der Waals surface area contributed by atoms with Gasteiger partial charge in [0.2, 0.25) is 0 Å². The maximum atomic E-state index is 4.18. The third-order valence-corrected chi connectivity index (χ3v) is 3.76. The molecule has 3 nitrogen and oxygen atoms in total. The number of anilines is 1. The molecule has 1 aromatic carbocycles. The predicted octanol–water partition coefficient (Wildman–Crippen LogP) is 2.74. The van der Waals surface area contributed by atoms with Gasteiger partial charge < -0.3 is 10.2 Å². The van der Waals surface area contributed by atoms with Crippen LogP contribution < -0.4 is 5.32 Å². The lowest BCUT2D eigenvalue weighted by atomic mass is 10.1. The average Bonchev–Trinajstić information content (AvgIpc) is 2.87. The van der Waals surface area contributed by atoms with Gasteiger partial charge in [-0.25, -0.2) is 0 Å². The molecule has 1 unspecified atom stereocenters. The predicted molar refractivity (Wildman–Crippen MR) is 75.9 cm³/mol. The maximum Gasteiger partial charge on any atom is 0.0423 e. The highest BCUT2D eigenvalue weighted by molar-refractivity contribution is 5.93. The molecular formula is C15H19N3. The zero-order valence-corrected chi connectivity index (χ0v) is 10.8. The van der Waals surface area contributed by atoms with Crippen LogP contribution in [0.5, 0.6) is 0 Å². The van der Waals surface area contributed by atoms with Crippen molar-refractivity contribution < 1.29 is 0 Å². The fourth-order valence-electron chi connectivity index (χ4n) is 2.71. The van der Waals surface area contributed by atoms with Crippen molar-refractivity contribution in [1.82, 2.24) is 9.88 Å². The van der Waals surface area contributed by atoms with E-state index in [-0.39, 0.29) is 0 Å². The molecule has 0 bridgehead atoms. The molecule has 3 rings (SSSR count). The van der Waals surface area contributed by atoms with Gasteiger partial charge in [-0.15, -0.1) is 0 Å². The number of nitrogens with one attached hydrogen (secondary N) is 1. The van der Waals surface area contributed by atoms with E-state index in [0.29, 0.717) is 6.04 Å². The summed E-state index contributed by atoms with van der Waals surface area (Å²) < 4.78 is 0. The van der Waals surface area contributed by atoms with Gasteiger partial charge in [0.1, 0.15) is 0 Å². The highest BCUT2D eigenvalue weighted by Crippen LogP contribution is 2.24. The third-order valence-electron chi connectivity index (χ3n) is 3.76. The SMILES string of the molecule is CCN1CCC(Nc2cccc3cnccc23)C1. The molecule has 2 heterocycles. The van der Waals surface area contributed by atoms with Crippen molar-refractivity contribution in [3.05, 3.63) is 36.7 Å². The Hall–Kier alpha value is -1.61. The Morgan fingerprint density at radius 3 is 3.17 bits per heavy atom. The molecule has 0 amide bonds. The lowest BCUT2D eigenvalue weighted by Crippen LogP contribution is -2.26. The Balaban J connectivity index is 1.83. The summed E-state index contributed by atoms with van der Waals surface area (Å²) in [7, 11) is 0. The van der Waals surface area contributed by atoms with Crippen molar-refractivity contribution in [2.24, 2.45) is 0 Å². The molecule has 1 saturated heterocycles. The first-order chi connectivity index (χ1) is 8.86. The molecule has 3 heteroatoms. The van der Waals surface area contributed by atoms with Crippen molar-refractivity contribution in [3.63, 3.8) is 0 Å². The van der Waals surface area contributed by atoms with Gasteiger partial charge in [-0.1, -0.05) is 19.1 Å². The van der Waals surface area contributed by atoms with Gasteiger partial charge in [-0.05, 0) is 25.1 Å². The Bertz CT molecular complexity index is 533. The molecule has 1 aliphatic rings. The molecule has 94 valence electrons. The molecular weight excluding hydrogens is 222 g/mol. The van der Waals surface area contributed by atoms with Crippen LogP contribution in [-0.4, -0.2) is 35.6 Å². The maximum absolute atomic E-state index is 4.18. The standard InChI is InChI=1S/C15H19N3/c1-2-18-9-7-13(11-18)17-15-5-3-4-12-10-16-8-6-14(12)15/h3-6,8,10,13,17H,2,7,9,11H2,1H3. The van der Waals surface area contributed by atoms with Gasteiger partial charge in [0.05, 0.1) is 0 Å². The van der Waals surface area contributed by atoms with Crippen LogP contribution in [0.4, 0.5) is 5.69 Å². The highest BCUT2D eigenvalue weighted by Gasteiger charge is 2.21. The molecule has 1 aliphatic heterocycles. The minimum atomic E-state index is 0.573. The van der Waals surface area contributed by atoms with Crippen LogP contribution in [0.2, 0.25) is 0 Å². The van der Waals surface area contributed by atoms with Crippen molar-refractivity contribution in [1.29, 1.82) is 0 Å². The average molecular weight is 241 g/mol. The summed E-state index contributed by atoms with van der Waals surface area (Å²) in [5.74, 6) is 0. The summed E-state index contributed by atoms with van der Waals surface area (Å²) in [5, 5.41) is 6.15. The molecule has 0 radical (unpaired) electrons. The van der Waals surface area contributed by atoms with E-state index in [1.54, 1.807) is 0 Å². The number of rotatable bonds is 3. The minimum Gasteiger partial charge on any atom is -0.380 e. The van der Waals surface area contributed by atoms with E-state index < -0.39 is 0 Å². The normalized spacial score (nSPS) is 20.4. The second-order valence-corrected chi connectivity index (χ2v) is 4.93. The van der Waals surface area contributed by atoms with Crippen molar-refractivity contribution >= 4 is 16.5 Å². The van der Waals surface area contributed by atoms with E-state index in [1.165, 1.54) is 29.4 Å². The fourth-order valence-corrected chi connectivity index (χ4v) is 2.71. The number of benzene rings is 1. The number of pyridine rings is 1. The molecule has 0 spiro atoms. The van der Waals surface area contributed by atoms with Gasteiger partial charge >= 0.3 is 0 Å². The smallest absolute Gasteiger partial charge is 0.0423 e. The number of hydrogen-bond acceptors (Lipinski definition) is 3. The van der Waals surface area contributed by atoms with Crippen LogP contribution in [0.15, 0.2) is 36.7 Å². The van der Waals surface area contributed by atoms with Gasteiger partial charge in [0, 0.05) is 48.0 Å². The zero-order chi connectivity index (χ0) is 12.4. The van der Waals surface area contributed by atoms with E-state index in [2.05, 4.69) is 46.4 Å². The summed E-state index contributed by atoms with van der Waals surface area (Å²) in [6.07, 6.45) is 5.02.